The Balaban J connectivity index is 0.000000231. The molecule has 15 nitrogen and oxygen atoms in total. The van der Waals surface area contributed by atoms with Gasteiger partial charge in [-0.25, -0.2) is 9.78 Å². The number of rotatable bonds is 36. The number of Topliss-reactive ketones (excluding diaryl/α,β-unsaturated/α-hetero) is 4. The van der Waals surface area contributed by atoms with Gasteiger partial charge in [0.15, 0.2) is 5.78 Å². The fraction of sp³-hybridized carbons (Fsp3) is 0.694. The number of aryl methyl sites for hydroxylation is 3. The van der Waals surface area contributed by atoms with Gasteiger partial charge < -0.3 is 19.5 Å². The minimum absolute atomic E-state index is 0.00591. The van der Waals surface area contributed by atoms with Crippen LogP contribution >= 0.6 is 11.8 Å². The molecule has 0 bridgehead atoms. The summed E-state index contributed by atoms with van der Waals surface area (Å²) in [6.45, 7) is 61.6. The first-order chi connectivity index (χ1) is 65.5. The molecule has 4 heterocycles. The zero-order chi connectivity index (χ0) is 104. The Hall–Kier alpha value is -7.59. The third-order valence-corrected chi connectivity index (χ3v) is 33.9. The van der Waals surface area contributed by atoms with Crippen LogP contribution < -0.4 is 10.7 Å². The number of benzene rings is 4. The van der Waals surface area contributed by atoms with E-state index in [1.807, 2.05) is 184 Å². The van der Waals surface area contributed by atoms with Crippen LogP contribution in [-0.4, -0.2) is 109 Å². The standard InChI is InChI=1S/C48H87NO3.C25H36N2O3S.C18H22O.C17H26O.C16H20N2O2/c1-9-10-11-12-13-14-15-16-17-18-19-20-21-22-23-24-35-49(8)44(50)30-25-37(2)41-28-29-42-40-27-26-38-36-39(52-45(51)46(3,4)5)31-33-47(38,6)43(40)32-34-48(41,42)7;1-24(2,3)17-13-11-16(12-14-17)22(29)27-18-15-31-19(21(18)26-23(27)30)9-7-8-10-20(28)25(4,5)6;1-12-6-7-16-11-14(8-9-15(16)10-12)13(2)17(19)18(3,4)5;1-12(2)11-14-7-9-15(10-8-14)13(3)16(18)17(4,5)6;1-6-18-9-12(14(20)16(3,4)5)13(19)11-8-7-10(2)17-15(11)18/h37-43H,9-36H2,1-8H3;11-14,18-19,21H,7-10,15H2,1-6H3,(H,26,30);6-11,13H,1-5H3;7-10,12-13H,11H2,1-6H3;7-9H,6H2,1-5H3/t37-,38-,39-,40?,41-,42?,43?,47+,48-;18-,19-,21-;2*13-;/m1000./s1. The summed E-state index contributed by atoms with van der Waals surface area (Å²) >= 11 is 1.83. The number of thioether (sulfide) groups is 1. The van der Waals surface area contributed by atoms with Gasteiger partial charge in [-0.2, -0.15) is 11.8 Å². The molecule has 2 aliphatic heterocycles. The lowest BCUT2D eigenvalue weighted by atomic mass is 9.44. The second kappa shape index (κ2) is 52.0. The average molecular weight is 1940 g/mol. The average Bonchev–Trinajstić information content (AvgIpc) is 1.47. The van der Waals surface area contributed by atoms with Crippen LogP contribution in [0.2, 0.25) is 0 Å². The van der Waals surface area contributed by atoms with Gasteiger partial charge in [-0.3, -0.25) is 43.3 Å². The molecule has 1 N–H and O–H groups in total. The van der Waals surface area contributed by atoms with E-state index in [0.29, 0.717) is 86.7 Å². The van der Waals surface area contributed by atoms with Gasteiger partial charge in [0, 0.05) is 94.9 Å². The van der Waals surface area contributed by atoms with Crippen molar-refractivity contribution in [1.82, 2.24) is 24.7 Å². The second-order valence-electron chi connectivity index (χ2n) is 50.6. The molecular weight excluding hydrogens is 1750 g/mol. The van der Waals surface area contributed by atoms with Crippen molar-refractivity contribution < 1.29 is 43.1 Å². The zero-order valence-corrected chi connectivity index (χ0v) is 94.2. The molecule has 0 radical (unpaired) electrons. The number of hydrogen-bond donors (Lipinski definition) is 1. The van der Waals surface area contributed by atoms with Gasteiger partial charge in [-0.15, -0.1) is 0 Å². The fourth-order valence-electron chi connectivity index (χ4n) is 23.5. The molecule has 140 heavy (non-hydrogen) atoms. The molecule has 2 saturated heterocycles. The molecule has 0 spiro atoms. The van der Waals surface area contributed by atoms with Crippen molar-refractivity contribution in [3.63, 3.8) is 0 Å². The predicted molar refractivity (Wildman–Crippen MR) is 586 cm³/mol. The van der Waals surface area contributed by atoms with Crippen LogP contribution in [0.3, 0.4) is 0 Å². The number of unbranched alkanes of at least 4 members (excludes halogenated alkanes) is 16. The summed E-state index contributed by atoms with van der Waals surface area (Å²) in [7, 11) is 2.05. The first kappa shape index (κ1) is 118. The zero-order valence-electron chi connectivity index (χ0n) is 93.3. The third-order valence-electron chi connectivity index (χ3n) is 32.4. The van der Waals surface area contributed by atoms with Gasteiger partial charge >= 0.3 is 12.0 Å². The highest BCUT2D eigenvalue weighted by molar-refractivity contribution is 8.00. The fourth-order valence-corrected chi connectivity index (χ4v) is 25.0. The molecule has 3 unspecified atom stereocenters. The van der Waals surface area contributed by atoms with E-state index in [4.69, 9.17) is 4.74 Å². The topological polar surface area (TPSA) is 199 Å². The van der Waals surface area contributed by atoms with Crippen molar-refractivity contribution in [3.05, 3.63) is 158 Å². The first-order valence-electron chi connectivity index (χ1n) is 55.0. The number of carbonyl (C=O) groups excluding carboxylic acids is 8. The summed E-state index contributed by atoms with van der Waals surface area (Å²) in [5.74, 6) is 6.87. The second-order valence-corrected chi connectivity index (χ2v) is 51.9. The minimum atomic E-state index is -0.573. The molecule has 4 saturated carbocycles. The van der Waals surface area contributed by atoms with Gasteiger partial charge in [0.1, 0.15) is 29.1 Å². The van der Waals surface area contributed by atoms with E-state index in [0.717, 1.165) is 116 Å². The van der Waals surface area contributed by atoms with E-state index in [2.05, 4.69) is 140 Å². The molecular formula is C124H191N5O10S. The van der Waals surface area contributed by atoms with Crippen molar-refractivity contribution >= 4 is 80.5 Å². The molecule has 2 aromatic heterocycles. The number of carbonyl (C=O) groups is 8. The molecule has 16 heteroatoms. The number of amides is 4. The quantitative estimate of drug-likeness (QED) is 0.0169. The molecule has 14 atom stereocenters. The largest absolute Gasteiger partial charge is 0.462 e. The van der Waals surface area contributed by atoms with Crippen LogP contribution in [0.5, 0.6) is 0 Å². The lowest BCUT2D eigenvalue weighted by Gasteiger charge is -2.61. The van der Waals surface area contributed by atoms with Crippen molar-refractivity contribution in [3.8, 4) is 0 Å². The van der Waals surface area contributed by atoms with Crippen molar-refractivity contribution in [2.24, 2.45) is 79.3 Å². The number of nitrogens with one attached hydrogen (secondary N) is 1. The molecule has 4 aliphatic carbocycles. The number of fused-ring (bicyclic) bond motifs is 8. The Kier molecular flexibility index (Phi) is 43.7. The Morgan fingerprint density at radius 3 is 1.66 bits per heavy atom. The predicted octanol–water partition coefficient (Wildman–Crippen LogP) is 31.3. The Morgan fingerprint density at radius 2 is 1.11 bits per heavy atom. The van der Waals surface area contributed by atoms with E-state index in [-0.39, 0.29) is 86.4 Å². The normalized spacial score (nSPS) is 22.4. The molecule has 6 aromatic rings. The Labute approximate surface area is 853 Å². The van der Waals surface area contributed by atoms with Crippen LogP contribution in [0.15, 0.2) is 108 Å². The number of pyridine rings is 2. The van der Waals surface area contributed by atoms with Gasteiger partial charge in [-0.05, 0) is 246 Å². The Morgan fingerprint density at radius 1 is 0.564 bits per heavy atom. The minimum Gasteiger partial charge on any atom is -0.462 e. The maximum absolute atomic E-state index is 13.2. The summed E-state index contributed by atoms with van der Waals surface area (Å²) in [5.41, 5.74) is 7.11. The van der Waals surface area contributed by atoms with Crippen LogP contribution in [0, 0.1) is 93.2 Å². The van der Waals surface area contributed by atoms with Gasteiger partial charge in [0.05, 0.1) is 28.4 Å². The van der Waals surface area contributed by atoms with E-state index in [1.54, 1.807) is 18.3 Å². The van der Waals surface area contributed by atoms with E-state index in [9.17, 15) is 43.2 Å². The number of urea groups is 1. The SMILES string of the molecule is CC(C)(C)C(=O)CCCC[C@@H]1SC[C@H]2[C@@H]1NC(=O)N2C(=O)c1ccc(C(C)(C)C)cc1.CC(C)Cc1ccc([C@H](C)C(=O)C(C)(C)C)cc1.CCCCCCCCCCCCCCCCCCN(C)C(=O)CC[C@@H](C)[C@H]1CCC2C3CC[C@@H]4C[C@H](OC(=O)C(C)(C)C)CC[C@]4(C)C3CC[C@@]21C.CCn1cc(C(=O)C(C)(C)C)c(=O)c2ccc(C)nc21.Cc1ccc2cc([C@H](C)C(=O)C(C)(C)C)ccc2c1. The van der Waals surface area contributed by atoms with Gasteiger partial charge in [0.25, 0.3) is 5.91 Å². The Bertz CT molecular complexity index is 5100. The smallest absolute Gasteiger partial charge is 0.325 e. The lowest BCUT2D eigenvalue weighted by molar-refractivity contribution is -0.170. The van der Waals surface area contributed by atoms with Gasteiger partial charge in [-0.1, -0.05) is 340 Å². The van der Waals surface area contributed by atoms with Crippen molar-refractivity contribution in [1.29, 1.82) is 0 Å². The molecule has 6 aliphatic rings. The summed E-state index contributed by atoms with van der Waals surface area (Å²) in [6.07, 6.45) is 41.8. The van der Waals surface area contributed by atoms with Crippen molar-refractivity contribution in [2.45, 2.75) is 453 Å². The van der Waals surface area contributed by atoms with E-state index >= 15 is 0 Å². The highest BCUT2D eigenvalue weighted by Crippen LogP contribution is 2.69. The number of hydrogen-bond acceptors (Lipinski definition) is 12. The molecule has 6 fully saturated rings. The van der Waals surface area contributed by atoms with E-state index in [1.165, 1.54) is 168 Å². The molecule has 778 valence electrons. The number of aromatic nitrogens is 2. The van der Waals surface area contributed by atoms with Crippen molar-refractivity contribution in [2.75, 3.05) is 19.3 Å². The van der Waals surface area contributed by atoms with Crippen LogP contribution in [0.25, 0.3) is 21.8 Å². The van der Waals surface area contributed by atoms with Crippen LogP contribution in [0.4, 0.5) is 4.79 Å². The lowest BCUT2D eigenvalue weighted by Crippen LogP contribution is -2.54. The molecule has 4 aromatic carbocycles. The number of nitrogens with zero attached hydrogens (tertiary/aromatic N) is 4. The van der Waals surface area contributed by atoms with Gasteiger partial charge in [0.2, 0.25) is 11.3 Å². The highest BCUT2D eigenvalue weighted by atomic mass is 32.2. The maximum Gasteiger partial charge on any atom is 0.325 e. The highest BCUT2D eigenvalue weighted by Gasteiger charge is 2.61. The third kappa shape index (κ3) is 32.7. The first-order valence-corrected chi connectivity index (χ1v) is 56.1. The monoisotopic (exact) mass is 1940 g/mol. The maximum atomic E-state index is 13.2. The number of ether oxygens (including phenoxy) is 1. The number of imide groups is 1. The summed E-state index contributed by atoms with van der Waals surface area (Å²) in [5, 5.41) is 6.29. The van der Waals surface area contributed by atoms with Crippen LogP contribution in [-0.2, 0) is 47.1 Å². The number of esters is 1. The van der Waals surface area contributed by atoms with Crippen LogP contribution in [0.1, 0.15) is 452 Å². The molecule has 12 rings (SSSR count). The summed E-state index contributed by atoms with van der Waals surface area (Å²) in [4.78, 5) is 121. The summed E-state index contributed by atoms with van der Waals surface area (Å²) in [6, 6.07) is 32.0. The molecule has 4 amide bonds. The van der Waals surface area contributed by atoms with E-state index < -0.39 is 10.8 Å². The number of ketones is 4. The summed E-state index contributed by atoms with van der Waals surface area (Å²) < 4.78 is 7.93.